The van der Waals surface area contributed by atoms with Crippen molar-refractivity contribution in [2.45, 2.75) is 65.4 Å². The monoisotopic (exact) mass is 359 g/mol. The topological polar surface area (TPSA) is 23.5 Å². The maximum Gasteiger partial charge on any atom is 0.0931 e. The van der Waals surface area contributed by atoms with Crippen molar-refractivity contribution >= 4 is 23.2 Å². The van der Waals surface area contributed by atoms with Crippen molar-refractivity contribution in [1.82, 2.24) is 4.90 Å². The summed E-state index contributed by atoms with van der Waals surface area (Å²) in [5, 5.41) is 11.9. The molecule has 0 aliphatic rings. The molecule has 1 unspecified atom stereocenters. The normalized spacial score (nSPS) is 12.8. The van der Waals surface area contributed by atoms with E-state index in [9.17, 15) is 5.11 Å². The Bertz CT molecular complexity index is 455. The molecule has 132 valence electrons. The highest BCUT2D eigenvalue weighted by Gasteiger charge is 2.18. The van der Waals surface area contributed by atoms with Gasteiger partial charge in [-0.15, -0.1) is 0 Å². The van der Waals surface area contributed by atoms with Crippen molar-refractivity contribution in [1.29, 1.82) is 0 Å². The molecule has 0 aromatic heterocycles. The Labute approximate surface area is 151 Å². The summed E-state index contributed by atoms with van der Waals surface area (Å²) in [6.45, 7) is 9.03. The lowest BCUT2D eigenvalue weighted by Gasteiger charge is -2.26. The Hall–Kier alpha value is -0.280. The molecule has 0 radical (unpaired) electrons. The van der Waals surface area contributed by atoms with Crippen LogP contribution in [0.25, 0.3) is 0 Å². The van der Waals surface area contributed by atoms with Gasteiger partial charge in [0.1, 0.15) is 0 Å². The summed E-state index contributed by atoms with van der Waals surface area (Å²) in [4.78, 5) is 2.37. The number of aliphatic hydroxyl groups is 1. The quantitative estimate of drug-likeness (QED) is 0.488. The number of unbranched alkanes of at least 4 members (excludes halogenated alkanes) is 4. The number of hydrogen-bond acceptors (Lipinski definition) is 2. The van der Waals surface area contributed by atoms with Crippen molar-refractivity contribution in [3.8, 4) is 0 Å². The standard InChI is InChI=1S/C19H31Cl2NO/c1-4-6-8-12-22(13-9-7-5-2)14-18(23)16-10-11-17(20)15(3)19(16)21/h10-11,18,23H,4-9,12-14H2,1-3H3. The molecule has 0 heterocycles. The highest BCUT2D eigenvalue weighted by atomic mass is 35.5. The second kappa shape index (κ2) is 11.3. The molecule has 0 saturated heterocycles. The van der Waals surface area contributed by atoms with E-state index < -0.39 is 6.10 Å². The van der Waals surface area contributed by atoms with E-state index in [4.69, 9.17) is 23.2 Å². The summed E-state index contributed by atoms with van der Waals surface area (Å²) in [5.74, 6) is 0. The number of hydrogen-bond donors (Lipinski definition) is 1. The Balaban J connectivity index is 2.70. The highest BCUT2D eigenvalue weighted by Crippen LogP contribution is 2.31. The minimum Gasteiger partial charge on any atom is -0.387 e. The molecule has 0 fully saturated rings. The zero-order valence-electron chi connectivity index (χ0n) is 14.7. The van der Waals surface area contributed by atoms with Crippen LogP contribution in [0.5, 0.6) is 0 Å². The smallest absolute Gasteiger partial charge is 0.0931 e. The third-order valence-electron chi connectivity index (χ3n) is 4.30. The first kappa shape index (κ1) is 20.8. The summed E-state index contributed by atoms with van der Waals surface area (Å²) in [7, 11) is 0. The largest absolute Gasteiger partial charge is 0.387 e. The number of benzene rings is 1. The molecule has 0 aliphatic carbocycles. The van der Waals surface area contributed by atoms with Crippen LogP contribution in [0.4, 0.5) is 0 Å². The fraction of sp³-hybridized carbons (Fsp3) is 0.684. The van der Waals surface area contributed by atoms with E-state index in [-0.39, 0.29) is 0 Å². The van der Waals surface area contributed by atoms with Gasteiger partial charge in [0.05, 0.1) is 11.1 Å². The summed E-state index contributed by atoms with van der Waals surface area (Å²) in [6, 6.07) is 3.67. The van der Waals surface area contributed by atoms with Crippen LogP contribution >= 0.6 is 23.2 Å². The van der Waals surface area contributed by atoms with Crippen molar-refractivity contribution < 1.29 is 5.11 Å². The second-order valence-corrected chi connectivity index (χ2v) is 7.09. The van der Waals surface area contributed by atoms with Gasteiger partial charge in [0.15, 0.2) is 0 Å². The molecule has 1 atom stereocenters. The third-order valence-corrected chi connectivity index (χ3v) is 5.21. The van der Waals surface area contributed by atoms with Gasteiger partial charge >= 0.3 is 0 Å². The summed E-state index contributed by atoms with van der Waals surface area (Å²) < 4.78 is 0. The van der Waals surface area contributed by atoms with Crippen LogP contribution in [-0.4, -0.2) is 29.6 Å². The first-order chi connectivity index (χ1) is 11.0. The lowest BCUT2D eigenvalue weighted by Crippen LogP contribution is -2.31. The molecule has 1 aromatic carbocycles. The van der Waals surface area contributed by atoms with E-state index in [1.165, 1.54) is 38.5 Å². The number of halogens is 2. The average Bonchev–Trinajstić information content (AvgIpc) is 2.53. The van der Waals surface area contributed by atoms with Gasteiger partial charge in [-0.2, -0.15) is 0 Å². The van der Waals surface area contributed by atoms with Gasteiger partial charge in [0.25, 0.3) is 0 Å². The number of nitrogens with zero attached hydrogens (tertiary/aromatic N) is 1. The SMILES string of the molecule is CCCCCN(CCCCC)CC(O)c1ccc(Cl)c(C)c1Cl. The van der Waals surface area contributed by atoms with E-state index in [1.54, 1.807) is 0 Å². The minimum atomic E-state index is -0.568. The maximum absolute atomic E-state index is 10.6. The van der Waals surface area contributed by atoms with E-state index in [0.717, 1.165) is 24.2 Å². The van der Waals surface area contributed by atoms with Crippen LogP contribution in [0.15, 0.2) is 12.1 Å². The fourth-order valence-corrected chi connectivity index (χ4v) is 3.24. The third kappa shape index (κ3) is 7.01. The molecule has 1 aromatic rings. The number of rotatable bonds is 11. The van der Waals surface area contributed by atoms with Gasteiger partial charge in [-0.25, -0.2) is 0 Å². The summed E-state index contributed by atoms with van der Waals surface area (Å²) in [5.41, 5.74) is 1.62. The maximum atomic E-state index is 10.6. The van der Waals surface area contributed by atoms with E-state index in [2.05, 4.69) is 18.7 Å². The first-order valence-electron chi connectivity index (χ1n) is 8.86. The van der Waals surface area contributed by atoms with Crippen molar-refractivity contribution in [2.24, 2.45) is 0 Å². The van der Waals surface area contributed by atoms with Crippen LogP contribution in [0, 0.1) is 6.92 Å². The predicted molar refractivity (Wildman–Crippen MR) is 102 cm³/mol. The van der Waals surface area contributed by atoms with Gasteiger partial charge in [-0.3, -0.25) is 0 Å². The summed E-state index contributed by atoms with van der Waals surface area (Å²) in [6.07, 6.45) is 6.70. The zero-order chi connectivity index (χ0) is 17.2. The molecule has 2 nitrogen and oxygen atoms in total. The molecule has 4 heteroatoms. The van der Waals surface area contributed by atoms with Gasteiger partial charge in [0, 0.05) is 17.1 Å². The van der Waals surface area contributed by atoms with E-state index in [1.807, 2.05) is 19.1 Å². The van der Waals surface area contributed by atoms with Crippen LogP contribution in [0.1, 0.15) is 69.6 Å². The Morgan fingerprint density at radius 2 is 1.57 bits per heavy atom. The van der Waals surface area contributed by atoms with Gasteiger partial charge < -0.3 is 10.0 Å². The summed E-state index contributed by atoms with van der Waals surface area (Å²) >= 11 is 12.5. The lowest BCUT2D eigenvalue weighted by atomic mass is 10.1. The Morgan fingerprint density at radius 1 is 1.00 bits per heavy atom. The molecular formula is C19H31Cl2NO. The molecular weight excluding hydrogens is 329 g/mol. The number of aliphatic hydroxyl groups excluding tert-OH is 1. The van der Waals surface area contributed by atoms with Crippen LogP contribution in [-0.2, 0) is 0 Å². The minimum absolute atomic E-state index is 0.568. The van der Waals surface area contributed by atoms with Gasteiger partial charge in [-0.05, 0) is 44.5 Å². The first-order valence-corrected chi connectivity index (χ1v) is 9.61. The van der Waals surface area contributed by atoms with Gasteiger partial charge in [-0.1, -0.05) is 68.8 Å². The average molecular weight is 360 g/mol. The molecule has 0 bridgehead atoms. The van der Waals surface area contributed by atoms with Crippen LogP contribution < -0.4 is 0 Å². The van der Waals surface area contributed by atoms with Crippen LogP contribution in [0.3, 0.4) is 0 Å². The predicted octanol–water partition coefficient (Wildman–Crippen LogP) is 6.02. The van der Waals surface area contributed by atoms with Gasteiger partial charge in [0.2, 0.25) is 0 Å². The van der Waals surface area contributed by atoms with Crippen molar-refractivity contribution in [3.63, 3.8) is 0 Å². The molecule has 0 saturated carbocycles. The molecule has 0 amide bonds. The molecule has 0 aliphatic heterocycles. The Kier molecular flexibility index (Phi) is 10.2. The second-order valence-electron chi connectivity index (χ2n) is 6.31. The molecule has 1 N–H and O–H groups in total. The zero-order valence-corrected chi connectivity index (χ0v) is 16.3. The van der Waals surface area contributed by atoms with E-state index >= 15 is 0 Å². The highest BCUT2D eigenvalue weighted by molar-refractivity contribution is 6.36. The van der Waals surface area contributed by atoms with Crippen molar-refractivity contribution in [2.75, 3.05) is 19.6 Å². The van der Waals surface area contributed by atoms with Crippen molar-refractivity contribution in [3.05, 3.63) is 33.3 Å². The van der Waals surface area contributed by atoms with E-state index in [0.29, 0.717) is 16.6 Å². The van der Waals surface area contributed by atoms with Crippen LogP contribution in [0.2, 0.25) is 10.0 Å². The molecule has 1 rings (SSSR count). The molecule has 23 heavy (non-hydrogen) atoms. The molecule has 0 spiro atoms. The fourth-order valence-electron chi connectivity index (χ4n) is 2.75. The Morgan fingerprint density at radius 3 is 2.09 bits per heavy atom. The lowest BCUT2D eigenvalue weighted by molar-refractivity contribution is 0.110.